The van der Waals surface area contributed by atoms with Crippen LogP contribution in [-0.2, 0) is 4.79 Å². The van der Waals surface area contributed by atoms with Gasteiger partial charge in [0, 0.05) is 24.6 Å². The van der Waals surface area contributed by atoms with E-state index >= 15 is 0 Å². The number of hydrogen-bond donors (Lipinski definition) is 1. The molecule has 2 nitrogen and oxygen atoms in total. The van der Waals surface area contributed by atoms with Crippen molar-refractivity contribution in [3.63, 3.8) is 0 Å². The van der Waals surface area contributed by atoms with Crippen LogP contribution < -0.4 is 5.32 Å². The number of fused-ring (bicyclic) bond motifs is 1. The van der Waals surface area contributed by atoms with E-state index in [0.29, 0.717) is 6.42 Å². The van der Waals surface area contributed by atoms with E-state index in [2.05, 4.69) is 11.9 Å². The van der Waals surface area contributed by atoms with Gasteiger partial charge in [-0.15, -0.1) is 6.58 Å². The van der Waals surface area contributed by atoms with E-state index in [0.717, 1.165) is 24.2 Å². The third-order valence-electron chi connectivity index (χ3n) is 2.82. The van der Waals surface area contributed by atoms with Crippen molar-refractivity contribution in [3.05, 3.63) is 42.5 Å². The lowest BCUT2D eigenvalue weighted by molar-refractivity contribution is -0.119. The number of para-hydroxylation sites is 1. The van der Waals surface area contributed by atoms with Crippen molar-refractivity contribution in [1.29, 1.82) is 0 Å². The molecule has 0 aliphatic carbocycles. The quantitative estimate of drug-likeness (QED) is 0.762. The first-order valence-corrected chi connectivity index (χ1v) is 5.29. The normalized spacial score (nSPS) is 18.8. The van der Waals surface area contributed by atoms with Gasteiger partial charge in [0.1, 0.15) is 5.78 Å². The summed E-state index contributed by atoms with van der Waals surface area (Å²) in [6, 6.07) is 8.04. The van der Waals surface area contributed by atoms with Gasteiger partial charge in [-0.1, -0.05) is 24.3 Å². The maximum Gasteiger partial charge on any atom is 0.144 e. The minimum atomic E-state index is 0.0560. The van der Waals surface area contributed by atoms with E-state index in [4.69, 9.17) is 0 Å². The first-order chi connectivity index (χ1) is 7.33. The number of anilines is 1. The molecule has 0 saturated carbocycles. The van der Waals surface area contributed by atoms with Gasteiger partial charge in [0.2, 0.25) is 0 Å². The summed E-state index contributed by atoms with van der Waals surface area (Å²) < 4.78 is 0. The van der Waals surface area contributed by atoms with E-state index in [1.54, 1.807) is 6.08 Å². The Morgan fingerprint density at radius 1 is 1.53 bits per heavy atom. The second-order valence-corrected chi connectivity index (χ2v) is 3.81. The van der Waals surface area contributed by atoms with Gasteiger partial charge >= 0.3 is 0 Å². The highest BCUT2D eigenvalue weighted by atomic mass is 16.1. The topological polar surface area (TPSA) is 29.1 Å². The van der Waals surface area contributed by atoms with Crippen molar-refractivity contribution in [3.8, 4) is 0 Å². The lowest BCUT2D eigenvalue weighted by Crippen LogP contribution is -2.22. The molecule has 1 aromatic carbocycles. The smallest absolute Gasteiger partial charge is 0.144 e. The molecule has 1 aliphatic rings. The number of nitrogens with one attached hydrogen (secondary N) is 1. The Balaban J connectivity index is 2.29. The summed E-state index contributed by atoms with van der Waals surface area (Å²) in [7, 11) is 0. The zero-order valence-electron chi connectivity index (χ0n) is 8.70. The summed E-state index contributed by atoms with van der Waals surface area (Å²) >= 11 is 0. The minimum absolute atomic E-state index is 0.0560. The standard InChI is InChI=1S/C13H15NO/c1-2-5-13(15)11-8-9-14-12-7-4-3-6-10(11)12/h2-4,6-7,11,14H,1,5,8-9H2. The highest BCUT2D eigenvalue weighted by Gasteiger charge is 2.24. The second kappa shape index (κ2) is 4.30. The van der Waals surface area contributed by atoms with E-state index in [1.807, 2.05) is 24.3 Å². The third-order valence-corrected chi connectivity index (χ3v) is 2.82. The van der Waals surface area contributed by atoms with Crippen LogP contribution in [0.25, 0.3) is 0 Å². The number of carbonyl (C=O) groups excluding carboxylic acids is 1. The molecule has 1 aliphatic heterocycles. The molecule has 1 heterocycles. The maximum atomic E-state index is 11.9. The summed E-state index contributed by atoms with van der Waals surface area (Å²) in [5.41, 5.74) is 2.24. The van der Waals surface area contributed by atoms with Crippen LogP contribution >= 0.6 is 0 Å². The van der Waals surface area contributed by atoms with Crippen molar-refractivity contribution in [1.82, 2.24) is 0 Å². The van der Waals surface area contributed by atoms with Crippen LogP contribution in [0.2, 0.25) is 0 Å². The molecule has 2 heteroatoms. The van der Waals surface area contributed by atoms with Gasteiger partial charge in [0.15, 0.2) is 0 Å². The van der Waals surface area contributed by atoms with Crippen LogP contribution in [0, 0.1) is 0 Å². The monoisotopic (exact) mass is 201 g/mol. The van der Waals surface area contributed by atoms with Crippen molar-refractivity contribution < 1.29 is 4.79 Å². The first kappa shape index (κ1) is 9.97. The Morgan fingerprint density at radius 2 is 2.33 bits per heavy atom. The Bertz CT molecular complexity index is 384. The fourth-order valence-corrected chi connectivity index (χ4v) is 2.09. The number of Topliss-reactive ketones (excluding diaryl/α,β-unsaturated/α-hetero) is 1. The van der Waals surface area contributed by atoms with Gasteiger partial charge in [-0.05, 0) is 18.1 Å². The molecule has 0 spiro atoms. The molecule has 0 fully saturated rings. The van der Waals surface area contributed by atoms with Gasteiger partial charge < -0.3 is 5.32 Å². The Labute approximate surface area is 90.0 Å². The molecular weight excluding hydrogens is 186 g/mol. The number of carbonyl (C=O) groups is 1. The molecule has 0 amide bonds. The molecule has 78 valence electrons. The van der Waals surface area contributed by atoms with Gasteiger partial charge in [-0.25, -0.2) is 0 Å². The van der Waals surface area contributed by atoms with Crippen molar-refractivity contribution in [2.45, 2.75) is 18.8 Å². The van der Waals surface area contributed by atoms with Crippen molar-refractivity contribution in [2.24, 2.45) is 0 Å². The molecule has 2 rings (SSSR count). The van der Waals surface area contributed by atoms with Crippen LogP contribution in [0.1, 0.15) is 24.3 Å². The molecule has 0 saturated heterocycles. The number of hydrogen-bond acceptors (Lipinski definition) is 2. The molecule has 0 bridgehead atoms. The average Bonchev–Trinajstić information content (AvgIpc) is 2.28. The van der Waals surface area contributed by atoms with E-state index in [9.17, 15) is 4.79 Å². The van der Waals surface area contributed by atoms with Crippen LogP contribution in [0.4, 0.5) is 5.69 Å². The average molecular weight is 201 g/mol. The zero-order valence-corrected chi connectivity index (χ0v) is 8.70. The van der Waals surface area contributed by atoms with E-state index in [-0.39, 0.29) is 11.7 Å². The number of rotatable bonds is 3. The maximum absolute atomic E-state index is 11.9. The minimum Gasteiger partial charge on any atom is -0.385 e. The SMILES string of the molecule is C=CCC(=O)C1CCNc2ccccc21. The van der Waals surface area contributed by atoms with Crippen LogP contribution in [0.15, 0.2) is 36.9 Å². The van der Waals surface area contributed by atoms with Gasteiger partial charge in [-0.2, -0.15) is 0 Å². The fraction of sp³-hybridized carbons (Fsp3) is 0.308. The van der Waals surface area contributed by atoms with Crippen LogP contribution in [-0.4, -0.2) is 12.3 Å². The lowest BCUT2D eigenvalue weighted by Gasteiger charge is -2.25. The second-order valence-electron chi connectivity index (χ2n) is 3.81. The lowest BCUT2D eigenvalue weighted by atomic mass is 9.86. The van der Waals surface area contributed by atoms with Crippen LogP contribution in [0.5, 0.6) is 0 Å². The zero-order chi connectivity index (χ0) is 10.7. The fourth-order valence-electron chi connectivity index (χ4n) is 2.09. The van der Waals surface area contributed by atoms with E-state index in [1.165, 1.54) is 0 Å². The first-order valence-electron chi connectivity index (χ1n) is 5.29. The van der Waals surface area contributed by atoms with Crippen molar-refractivity contribution in [2.75, 3.05) is 11.9 Å². The Hall–Kier alpha value is -1.57. The Kier molecular flexibility index (Phi) is 2.86. The predicted octanol–water partition coefficient (Wildman–Crippen LogP) is 2.73. The summed E-state index contributed by atoms with van der Waals surface area (Å²) in [5.74, 6) is 0.333. The highest BCUT2D eigenvalue weighted by molar-refractivity contribution is 5.89. The third kappa shape index (κ3) is 1.94. The van der Waals surface area contributed by atoms with Crippen molar-refractivity contribution >= 4 is 11.5 Å². The number of allylic oxidation sites excluding steroid dienone is 1. The number of ketones is 1. The molecule has 1 atom stereocenters. The molecule has 0 aromatic heterocycles. The highest BCUT2D eigenvalue weighted by Crippen LogP contribution is 2.32. The summed E-state index contributed by atoms with van der Waals surface area (Å²) in [5, 5.41) is 3.31. The molecule has 0 radical (unpaired) electrons. The summed E-state index contributed by atoms with van der Waals surface area (Å²) in [6.45, 7) is 4.49. The van der Waals surface area contributed by atoms with Gasteiger partial charge in [-0.3, -0.25) is 4.79 Å². The predicted molar refractivity (Wildman–Crippen MR) is 62.1 cm³/mol. The van der Waals surface area contributed by atoms with Gasteiger partial charge in [0.25, 0.3) is 0 Å². The molecule has 1 aromatic rings. The summed E-state index contributed by atoms with van der Waals surface area (Å²) in [6.07, 6.45) is 3.05. The molecular formula is C13H15NO. The molecule has 15 heavy (non-hydrogen) atoms. The largest absolute Gasteiger partial charge is 0.385 e. The Morgan fingerprint density at radius 3 is 3.13 bits per heavy atom. The van der Waals surface area contributed by atoms with Crippen LogP contribution in [0.3, 0.4) is 0 Å². The molecule has 1 unspecified atom stereocenters. The van der Waals surface area contributed by atoms with Gasteiger partial charge in [0.05, 0.1) is 0 Å². The summed E-state index contributed by atoms with van der Waals surface area (Å²) in [4.78, 5) is 11.9. The molecule has 1 N–H and O–H groups in total. The number of benzene rings is 1. The van der Waals surface area contributed by atoms with E-state index < -0.39 is 0 Å².